The fourth-order valence-electron chi connectivity index (χ4n) is 3.34. The Morgan fingerprint density at radius 2 is 1.85 bits per heavy atom. The lowest BCUT2D eigenvalue weighted by molar-refractivity contribution is -0.121. The number of benzene rings is 2. The SMILES string of the molecule is COc1ccccc1CNC(=O)CC(c1ccc2c(c1)OCCO2)C(C)C. The predicted molar refractivity (Wildman–Crippen MR) is 104 cm³/mol. The average Bonchev–Trinajstić information content (AvgIpc) is 2.70. The summed E-state index contributed by atoms with van der Waals surface area (Å²) in [6, 6.07) is 13.7. The number of methoxy groups -OCH3 is 1. The van der Waals surface area contributed by atoms with E-state index in [4.69, 9.17) is 14.2 Å². The summed E-state index contributed by atoms with van der Waals surface area (Å²) in [6.45, 7) is 5.85. The zero-order valence-corrected chi connectivity index (χ0v) is 16.2. The van der Waals surface area contributed by atoms with Crippen LogP contribution in [0.5, 0.6) is 17.2 Å². The highest BCUT2D eigenvalue weighted by Crippen LogP contribution is 2.36. The molecule has 1 heterocycles. The molecule has 3 rings (SSSR count). The van der Waals surface area contributed by atoms with E-state index in [1.54, 1.807) is 7.11 Å². The molecule has 0 aliphatic carbocycles. The van der Waals surface area contributed by atoms with Crippen molar-refractivity contribution in [3.8, 4) is 17.2 Å². The van der Waals surface area contributed by atoms with E-state index in [1.165, 1.54) is 0 Å². The van der Waals surface area contributed by atoms with Crippen molar-refractivity contribution in [1.82, 2.24) is 5.32 Å². The van der Waals surface area contributed by atoms with Gasteiger partial charge in [0.2, 0.25) is 5.91 Å². The van der Waals surface area contributed by atoms with Crippen molar-refractivity contribution < 1.29 is 19.0 Å². The van der Waals surface area contributed by atoms with E-state index in [-0.39, 0.29) is 11.8 Å². The van der Waals surface area contributed by atoms with Crippen LogP contribution in [0.3, 0.4) is 0 Å². The summed E-state index contributed by atoms with van der Waals surface area (Å²) >= 11 is 0. The van der Waals surface area contributed by atoms with Gasteiger partial charge < -0.3 is 19.5 Å². The number of nitrogens with one attached hydrogen (secondary N) is 1. The summed E-state index contributed by atoms with van der Waals surface area (Å²) in [5, 5.41) is 3.02. The van der Waals surface area contributed by atoms with Gasteiger partial charge in [0.15, 0.2) is 11.5 Å². The summed E-state index contributed by atoms with van der Waals surface area (Å²) in [5.41, 5.74) is 2.07. The number of hydrogen-bond acceptors (Lipinski definition) is 4. The molecule has 0 radical (unpaired) electrons. The molecule has 5 nitrogen and oxygen atoms in total. The van der Waals surface area contributed by atoms with Crippen molar-refractivity contribution in [3.05, 3.63) is 53.6 Å². The van der Waals surface area contributed by atoms with Gasteiger partial charge >= 0.3 is 0 Å². The highest BCUT2D eigenvalue weighted by Gasteiger charge is 2.22. The first-order valence-electron chi connectivity index (χ1n) is 9.36. The van der Waals surface area contributed by atoms with Crippen LogP contribution in [0.15, 0.2) is 42.5 Å². The van der Waals surface area contributed by atoms with E-state index < -0.39 is 0 Å². The van der Waals surface area contributed by atoms with Crippen LogP contribution in [-0.4, -0.2) is 26.2 Å². The van der Waals surface area contributed by atoms with Crippen LogP contribution in [0.2, 0.25) is 0 Å². The van der Waals surface area contributed by atoms with Gasteiger partial charge in [-0.2, -0.15) is 0 Å². The predicted octanol–water partition coefficient (Wildman–Crippen LogP) is 3.91. The Balaban J connectivity index is 1.66. The summed E-state index contributed by atoms with van der Waals surface area (Å²) in [5.74, 6) is 2.77. The van der Waals surface area contributed by atoms with Crippen molar-refractivity contribution in [3.63, 3.8) is 0 Å². The molecule has 0 fully saturated rings. The number of fused-ring (bicyclic) bond motifs is 1. The third kappa shape index (κ3) is 4.73. The van der Waals surface area contributed by atoms with E-state index in [2.05, 4.69) is 19.2 Å². The van der Waals surface area contributed by atoms with Crippen LogP contribution in [0, 0.1) is 5.92 Å². The van der Waals surface area contributed by atoms with Crippen molar-refractivity contribution in [2.24, 2.45) is 5.92 Å². The molecule has 0 aromatic heterocycles. The molecule has 1 aliphatic heterocycles. The first kappa shape index (κ1) is 19.1. The maximum absolute atomic E-state index is 12.6. The Hall–Kier alpha value is -2.69. The topological polar surface area (TPSA) is 56.8 Å². The summed E-state index contributed by atoms with van der Waals surface area (Å²) in [7, 11) is 1.64. The standard InChI is InChI=1S/C22H27NO4/c1-15(2)18(16-8-9-20-21(12-16)27-11-10-26-20)13-22(24)23-14-17-6-4-5-7-19(17)25-3/h4-9,12,15,18H,10-11,13-14H2,1-3H3,(H,23,24). The molecule has 2 aromatic rings. The minimum absolute atomic E-state index is 0.0227. The molecule has 0 spiro atoms. The molecule has 5 heteroatoms. The Labute approximate surface area is 160 Å². The normalized spacial score (nSPS) is 13.9. The molecule has 144 valence electrons. The fourth-order valence-corrected chi connectivity index (χ4v) is 3.34. The number of hydrogen-bond donors (Lipinski definition) is 1. The molecule has 2 aromatic carbocycles. The molecule has 0 saturated carbocycles. The second kappa shape index (κ2) is 8.80. The lowest BCUT2D eigenvalue weighted by Gasteiger charge is -2.24. The van der Waals surface area contributed by atoms with Gasteiger partial charge in [-0.25, -0.2) is 0 Å². The lowest BCUT2D eigenvalue weighted by Crippen LogP contribution is -2.26. The van der Waals surface area contributed by atoms with Crippen molar-refractivity contribution >= 4 is 5.91 Å². The number of carbonyl (C=O) groups is 1. The molecule has 27 heavy (non-hydrogen) atoms. The van der Waals surface area contributed by atoms with Crippen LogP contribution in [0.25, 0.3) is 0 Å². The van der Waals surface area contributed by atoms with Gasteiger partial charge in [0.25, 0.3) is 0 Å². The quantitative estimate of drug-likeness (QED) is 0.804. The van der Waals surface area contributed by atoms with Crippen LogP contribution in [0.1, 0.15) is 37.3 Å². The van der Waals surface area contributed by atoms with Crippen molar-refractivity contribution in [2.45, 2.75) is 32.7 Å². The molecular weight excluding hydrogens is 342 g/mol. The fraction of sp³-hybridized carbons (Fsp3) is 0.409. The van der Waals surface area contributed by atoms with Crippen LogP contribution in [-0.2, 0) is 11.3 Å². The van der Waals surface area contributed by atoms with Gasteiger partial charge in [-0.15, -0.1) is 0 Å². The second-order valence-electron chi connectivity index (χ2n) is 7.05. The lowest BCUT2D eigenvalue weighted by atomic mass is 9.85. The van der Waals surface area contributed by atoms with E-state index >= 15 is 0 Å². The molecule has 1 atom stereocenters. The van der Waals surface area contributed by atoms with Gasteiger partial charge in [0, 0.05) is 18.5 Å². The Morgan fingerprint density at radius 1 is 1.11 bits per heavy atom. The molecule has 0 bridgehead atoms. The number of carbonyl (C=O) groups excluding carboxylic acids is 1. The molecule has 1 aliphatic rings. The van der Waals surface area contributed by atoms with E-state index in [0.29, 0.717) is 32.1 Å². The van der Waals surface area contributed by atoms with Crippen LogP contribution >= 0.6 is 0 Å². The molecule has 1 unspecified atom stereocenters. The summed E-state index contributed by atoms with van der Waals surface area (Å²) < 4.78 is 16.6. The zero-order valence-electron chi connectivity index (χ0n) is 16.2. The molecule has 1 amide bonds. The number of para-hydroxylation sites is 1. The third-order valence-corrected chi connectivity index (χ3v) is 4.87. The Bertz CT molecular complexity index is 788. The molecule has 1 N–H and O–H groups in total. The minimum atomic E-state index is 0.0227. The first-order chi connectivity index (χ1) is 13.1. The highest BCUT2D eigenvalue weighted by atomic mass is 16.6. The van der Waals surface area contributed by atoms with Crippen molar-refractivity contribution in [2.75, 3.05) is 20.3 Å². The smallest absolute Gasteiger partial charge is 0.220 e. The van der Waals surface area contributed by atoms with Crippen LogP contribution in [0.4, 0.5) is 0 Å². The van der Waals surface area contributed by atoms with E-state index in [9.17, 15) is 4.79 Å². The van der Waals surface area contributed by atoms with E-state index in [1.807, 2.05) is 42.5 Å². The summed E-state index contributed by atoms with van der Waals surface area (Å²) in [4.78, 5) is 12.6. The number of rotatable bonds is 7. The molecule has 0 saturated heterocycles. The monoisotopic (exact) mass is 369 g/mol. The number of amides is 1. The molecular formula is C22H27NO4. The van der Waals surface area contributed by atoms with Gasteiger partial charge in [0.1, 0.15) is 19.0 Å². The summed E-state index contributed by atoms with van der Waals surface area (Å²) in [6.07, 6.45) is 0.423. The second-order valence-corrected chi connectivity index (χ2v) is 7.05. The van der Waals surface area contributed by atoms with Crippen LogP contribution < -0.4 is 19.5 Å². The van der Waals surface area contributed by atoms with Gasteiger partial charge in [-0.05, 0) is 35.6 Å². The average molecular weight is 369 g/mol. The van der Waals surface area contributed by atoms with Crippen molar-refractivity contribution in [1.29, 1.82) is 0 Å². The van der Waals surface area contributed by atoms with Gasteiger partial charge in [-0.3, -0.25) is 4.79 Å². The third-order valence-electron chi connectivity index (χ3n) is 4.87. The van der Waals surface area contributed by atoms with Gasteiger partial charge in [0.05, 0.1) is 7.11 Å². The highest BCUT2D eigenvalue weighted by molar-refractivity contribution is 5.77. The Morgan fingerprint density at radius 3 is 2.59 bits per heavy atom. The zero-order chi connectivity index (χ0) is 19.2. The first-order valence-corrected chi connectivity index (χ1v) is 9.36. The maximum Gasteiger partial charge on any atom is 0.220 e. The van der Waals surface area contributed by atoms with Gasteiger partial charge in [-0.1, -0.05) is 38.1 Å². The van der Waals surface area contributed by atoms with E-state index in [0.717, 1.165) is 28.4 Å². The minimum Gasteiger partial charge on any atom is -0.496 e. The number of ether oxygens (including phenoxy) is 3. The Kier molecular flexibility index (Phi) is 6.22. The maximum atomic E-state index is 12.6. The largest absolute Gasteiger partial charge is 0.496 e.